The van der Waals surface area contributed by atoms with Crippen molar-refractivity contribution in [2.45, 2.75) is 10.1 Å². The minimum absolute atomic E-state index is 0.487. The Kier molecular flexibility index (Phi) is 2.85. The monoisotopic (exact) mass is 215 g/mol. The lowest BCUT2D eigenvalue weighted by Crippen LogP contribution is -1.90. The van der Waals surface area contributed by atoms with E-state index in [4.69, 9.17) is 5.26 Å². The molecule has 2 aromatic rings. The smallest absolute Gasteiger partial charge is 0.143 e. The van der Waals surface area contributed by atoms with Crippen LogP contribution in [-0.2, 0) is 0 Å². The topological polar surface area (TPSA) is 75.3 Å². The van der Waals surface area contributed by atoms with Gasteiger partial charge in [-0.3, -0.25) is 0 Å². The van der Waals surface area contributed by atoms with Crippen molar-refractivity contribution in [1.82, 2.24) is 20.4 Å². The van der Waals surface area contributed by atoms with E-state index in [0.29, 0.717) is 15.6 Å². The lowest BCUT2D eigenvalue weighted by atomic mass is 10.3. The lowest BCUT2D eigenvalue weighted by molar-refractivity contribution is 0.899. The maximum atomic E-state index is 8.83. The van der Waals surface area contributed by atoms with Crippen molar-refractivity contribution in [2.75, 3.05) is 0 Å². The summed E-state index contributed by atoms with van der Waals surface area (Å²) in [5.74, 6) is 0. The van der Waals surface area contributed by atoms with E-state index in [-0.39, 0.29) is 0 Å². The Morgan fingerprint density at radius 3 is 2.73 bits per heavy atom. The van der Waals surface area contributed by atoms with Crippen LogP contribution in [0.5, 0.6) is 0 Å². The van der Waals surface area contributed by atoms with Gasteiger partial charge in [0.05, 0.1) is 11.8 Å². The van der Waals surface area contributed by atoms with E-state index in [1.165, 1.54) is 18.0 Å². The van der Waals surface area contributed by atoms with Gasteiger partial charge in [0, 0.05) is 6.20 Å². The van der Waals surface area contributed by atoms with Crippen molar-refractivity contribution in [3.05, 3.63) is 36.2 Å². The lowest BCUT2D eigenvalue weighted by Gasteiger charge is -1.98. The maximum Gasteiger partial charge on any atom is 0.143 e. The summed E-state index contributed by atoms with van der Waals surface area (Å²) in [4.78, 5) is 0. The highest BCUT2D eigenvalue weighted by Gasteiger charge is 2.06. The molecular weight excluding hydrogens is 210 g/mol. The molecule has 2 rings (SSSR count). The van der Waals surface area contributed by atoms with E-state index >= 15 is 0 Å². The molecule has 0 fully saturated rings. The number of hydrogen-bond donors (Lipinski definition) is 0. The standard InChI is InChI=1S/C9H5N5S/c10-6-7-3-5-12-14-9(7)15-8-2-1-4-11-13-8/h1-5H. The molecule has 0 spiro atoms. The van der Waals surface area contributed by atoms with Crippen LogP contribution < -0.4 is 0 Å². The number of hydrogen-bond acceptors (Lipinski definition) is 6. The fourth-order valence-electron chi connectivity index (χ4n) is 0.920. The van der Waals surface area contributed by atoms with Crippen molar-refractivity contribution >= 4 is 11.8 Å². The van der Waals surface area contributed by atoms with Gasteiger partial charge in [0.1, 0.15) is 16.1 Å². The van der Waals surface area contributed by atoms with Crippen molar-refractivity contribution in [1.29, 1.82) is 5.26 Å². The average Bonchev–Trinajstić information content (AvgIpc) is 2.31. The molecule has 72 valence electrons. The van der Waals surface area contributed by atoms with Crippen LogP contribution in [0.3, 0.4) is 0 Å². The van der Waals surface area contributed by atoms with Crippen molar-refractivity contribution < 1.29 is 0 Å². The summed E-state index contributed by atoms with van der Waals surface area (Å²) in [6.45, 7) is 0. The van der Waals surface area contributed by atoms with E-state index in [1.807, 2.05) is 6.07 Å². The summed E-state index contributed by atoms with van der Waals surface area (Å²) in [7, 11) is 0. The van der Waals surface area contributed by atoms with Crippen LogP contribution in [0.1, 0.15) is 5.56 Å². The zero-order valence-electron chi connectivity index (χ0n) is 7.53. The van der Waals surface area contributed by atoms with Crippen LogP contribution in [-0.4, -0.2) is 20.4 Å². The molecule has 0 radical (unpaired) electrons. The van der Waals surface area contributed by atoms with Gasteiger partial charge in [0.2, 0.25) is 0 Å². The van der Waals surface area contributed by atoms with Gasteiger partial charge in [-0.1, -0.05) is 0 Å². The molecule has 0 aliphatic rings. The molecule has 0 aliphatic carbocycles. The Morgan fingerprint density at radius 1 is 1.13 bits per heavy atom. The van der Waals surface area contributed by atoms with Gasteiger partial charge < -0.3 is 0 Å². The van der Waals surface area contributed by atoms with Crippen molar-refractivity contribution in [3.63, 3.8) is 0 Å². The number of nitrogens with zero attached hydrogens (tertiary/aromatic N) is 5. The highest BCUT2D eigenvalue weighted by molar-refractivity contribution is 7.99. The third kappa shape index (κ3) is 2.27. The molecule has 0 amide bonds. The maximum absolute atomic E-state index is 8.83. The molecule has 0 saturated carbocycles. The number of nitriles is 1. The molecule has 6 heteroatoms. The molecular formula is C9H5N5S. The van der Waals surface area contributed by atoms with Crippen molar-refractivity contribution in [3.8, 4) is 6.07 Å². The Hall–Kier alpha value is -2.00. The first-order valence-electron chi connectivity index (χ1n) is 4.07. The molecule has 15 heavy (non-hydrogen) atoms. The predicted molar refractivity (Wildman–Crippen MR) is 52.9 cm³/mol. The molecule has 0 aliphatic heterocycles. The van der Waals surface area contributed by atoms with Crippen LogP contribution in [0.4, 0.5) is 0 Å². The zero-order chi connectivity index (χ0) is 10.5. The molecule has 0 N–H and O–H groups in total. The second-order valence-electron chi connectivity index (χ2n) is 2.53. The Morgan fingerprint density at radius 2 is 2.00 bits per heavy atom. The summed E-state index contributed by atoms with van der Waals surface area (Å²) in [6.07, 6.45) is 3.07. The van der Waals surface area contributed by atoms with Gasteiger partial charge >= 0.3 is 0 Å². The summed E-state index contributed by atoms with van der Waals surface area (Å²) >= 11 is 1.27. The number of rotatable bonds is 2. The van der Waals surface area contributed by atoms with E-state index in [9.17, 15) is 0 Å². The van der Waals surface area contributed by atoms with E-state index in [0.717, 1.165) is 0 Å². The second kappa shape index (κ2) is 4.48. The highest BCUT2D eigenvalue weighted by atomic mass is 32.2. The van der Waals surface area contributed by atoms with Crippen LogP contribution >= 0.6 is 11.8 Å². The minimum Gasteiger partial charge on any atom is -0.192 e. The normalized spacial score (nSPS) is 9.53. The molecule has 2 aromatic heterocycles. The van der Waals surface area contributed by atoms with Crippen LogP contribution in [0, 0.1) is 11.3 Å². The molecule has 2 heterocycles. The van der Waals surface area contributed by atoms with Crippen LogP contribution in [0.15, 0.2) is 40.6 Å². The van der Waals surface area contributed by atoms with Gasteiger partial charge in [-0.2, -0.15) is 15.5 Å². The molecule has 0 bridgehead atoms. The molecule has 5 nitrogen and oxygen atoms in total. The summed E-state index contributed by atoms with van der Waals surface area (Å²) in [5.41, 5.74) is 0.487. The largest absolute Gasteiger partial charge is 0.192 e. The van der Waals surface area contributed by atoms with Crippen molar-refractivity contribution in [2.24, 2.45) is 0 Å². The van der Waals surface area contributed by atoms with Gasteiger partial charge in [-0.05, 0) is 30.0 Å². The van der Waals surface area contributed by atoms with Crippen LogP contribution in [0.2, 0.25) is 0 Å². The number of aromatic nitrogens is 4. The third-order valence-electron chi connectivity index (χ3n) is 1.56. The third-order valence-corrected chi connectivity index (χ3v) is 2.48. The van der Waals surface area contributed by atoms with Gasteiger partial charge in [0.15, 0.2) is 0 Å². The SMILES string of the molecule is N#Cc1ccnnc1Sc1cccnn1. The quantitative estimate of drug-likeness (QED) is 0.751. The second-order valence-corrected chi connectivity index (χ2v) is 3.53. The molecule has 0 unspecified atom stereocenters. The average molecular weight is 215 g/mol. The summed E-state index contributed by atoms with van der Waals surface area (Å²) < 4.78 is 0. The summed E-state index contributed by atoms with van der Waals surface area (Å²) in [5, 5.41) is 25.3. The fourth-order valence-corrected chi connectivity index (χ4v) is 1.66. The first kappa shape index (κ1) is 9.55. The highest BCUT2D eigenvalue weighted by Crippen LogP contribution is 2.24. The Bertz CT molecular complexity index is 493. The molecule has 0 atom stereocenters. The zero-order valence-corrected chi connectivity index (χ0v) is 8.35. The van der Waals surface area contributed by atoms with E-state index in [1.54, 1.807) is 24.4 Å². The Balaban J connectivity index is 2.29. The van der Waals surface area contributed by atoms with Gasteiger partial charge in [-0.25, -0.2) is 0 Å². The van der Waals surface area contributed by atoms with E-state index in [2.05, 4.69) is 20.4 Å². The van der Waals surface area contributed by atoms with E-state index < -0.39 is 0 Å². The Labute approximate surface area is 90.2 Å². The van der Waals surface area contributed by atoms with Gasteiger partial charge in [-0.15, -0.1) is 10.2 Å². The molecule has 0 aromatic carbocycles. The fraction of sp³-hybridized carbons (Fsp3) is 0. The van der Waals surface area contributed by atoms with Gasteiger partial charge in [0.25, 0.3) is 0 Å². The molecule has 0 saturated heterocycles. The predicted octanol–water partition coefficient (Wildman–Crippen LogP) is 1.29. The first-order valence-corrected chi connectivity index (χ1v) is 4.89. The first-order chi connectivity index (χ1) is 7.40. The minimum atomic E-state index is 0.487. The summed E-state index contributed by atoms with van der Waals surface area (Å²) in [6, 6.07) is 7.24. The van der Waals surface area contributed by atoms with Crippen LogP contribution in [0.25, 0.3) is 0 Å².